The molecule has 1 aromatic heterocycles. The molecule has 3 rings (SSSR count). The van der Waals surface area contributed by atoms with Gasteiger partial charge in [-0.1, -0.05) is 12.1 Å². The maximum absolute atomic E-state index is 14.6. The molecule has 3 aromatic rings. The molecule has 0 amide bonds. The van der Waals surface area contributed by atoms with Crippen LogP contribution in [0.25, 0.3) is 5.69 Å². The molecule has 33 heavy (non-hydrogen) atoms. The number of aryl methyl sites for hydroxylation is 2. The van der Waals surface area contributed by atoms with Crippen LogP contribution in [0, 0.1) is 19.7 Å². The van der Waals surface area contributed by atoms with E-state index in [9.17, 15) is 30.7 Å². The lowest BCUT2D eigenvalue weighted by Gasteiger charge is -2.12. The van der Waals surface area contributed by atoms with Crippen LogP contribution in [0.4, 0.5) is 30.7 Å². The number of aromatic nitrogens is 2. The average Bonchev–Trinajstić information content (AvgIpc) is 3.05. The molecule has 0 fully saturated rings. The van der Waals surface area contributed by atoms with Gasteiger partial charge in [-0.15, -0.1) is 30.0 Å². The first-order valence-electron chi connectivity index (χ1n) is 9.35. The summed E-state index contributed by atoms with van der Waals surface area (Å²) in [5.74, 6) is -2.05. The molecular weight excluding hydrogens is 477 g/mol. The van der Waals surface area contributed by atoms with Crippen LogP contribution in [0.3, 0.4) is 0 Å². The van der Waals surface area contributed by atoms with Gasteiger partial charge in [-0.05, 0) is 49.2 Å². The number of halogens is 7. The maximum atomic E-state index is 14.6. The molecule has 0 aliphatic heterocycles. The second kappa shape index (κ2) is 9.54. The summed E-state index contributed by atoms with van der Waals surface area (Å²) in [6.45, 7) is 3.10. The van der Waals surface area contributed by atoms with Crippen LogP contribution < -0.4 is 9.47 Å². The van der Waals surface area contributed by atoms with Crippen LogP contribution in [0.5, 0.6) is 11.6 Å². The van der Waals surface area contributed by atoms with E-state index in [4.69, 9.17) is 4.74 Å². The summed E-state index contributed by atoms with van der Waals surface area (Å²) in [5, 5.41) is 4.15. The summed E-state index contributed by atoms with van der Waals surface area (Å²) in [4.78, 5) is 0.266. The van der Waals surface area contributed by atoms with Crippen LogP contribution in [-0.2, 0) is 6.61 Å². The van der Waals surface area contributed by atoms with Gasteiger partial charge in [0.05, 0.1) is 5.75 Å². The molecule has 4 nitrogen and oxygen atoms in total. The van der Waals surface area contributed by atoms with Gasteiger partial charge in [0.25, 0.3) is 0 Å². The van der Waals surface area contributed by atoms with Crippen LogP contribution in [0.1, 0.15) is 16.8 Å². The highest BCUT2D eigenvalue weighted by molar-refractivity contribution is 7.99. The zero-order valence-corrected chi connectivity index (χ0v) is 18.0. The van der Waals surface area contributed by atoms with E-state index in [1.807, 2.05) is 0 Å². The molecular formula is C21H17F7N2O2S. The molecule has 0 aliphatic carbocycles. The van der Waals surface area contributed by atoms with Crippen molar-refractivity contribution >= 4 is 11.8 Å². The van der Waals surface area contributed by atoms with Gasteiger partial charge in [-0.3, -0.25) is 0 Å². The van der Waals surface area contributed by atoms with Crippen LogP contribution in [0.2, 0.25) is 0 Å². The van der Waals surface area contributed by atoms with E-state index < -0.39 is 24.1 Å². The van der Waals surface area contributed by atoms with E-state index in [0.29, 0.717) is 28.6 Å². The van der Waals surface area contributed by atoms with Gasteiger partial charge in [0.2, 0.25) is 5.88 Å². The normalized spacial score (nSPS) is 12.2. The predicted octanol–water partition coefficient (Wildman–Crippen LogP) is 6.76. The molecule has 0 aliphatic rings. The van der Waals surface area contributed by atoms with Crippen molar-refractivity contribution in [1.82, 2.24) is 9.78 Å². The molecule has 0 spiro atoms. The number of hydrogen-bond acceptors (Lipinski definition) is 4. The molecule has 0 saturated heterocycles. The van der Waals surface area contributed by atoms with E-state index >= 15 is 0 Å². The average molecular weight is 494 g/mol. The van der Waals surface area contributed by atoms with E-state index in [-0.39, 0.29) is 28.8 Å². The monoisotopic (exact) mass is 494 g/mol. The van der Waals surface area contributed by atoms with Crippen LogP contribution in [0.15, 0.2) is 47.4 Å². The third-order valence-electron chi connectivity index (χ3n) is 4.27. The molecule has 0 saturated carbocycles. The first kappa shape index (κ1) is 24.7. The van der Waals surface area contributed by atoms with Gasteiger partial charge in [0, 0.05) is 16.7 Å². The fourth-order valence-corrected chi connectivity index (χ4v) is 3.63. The van der Waals surface area contributed by atoms with Crippen molar-refractivity contribution in [3.8, 4) is 17.3 Å². The fourth-order valence-electron chi connectivity index (χ4n) is 2.82. The van der Waals surface area contributed by atoms with Gasteiger partial charge in [-0.2, -0.15) is 13.2 Å². The van der Waals surface area contributed by atoms with Crippen molar-refractivity contribution in [2.45, 2.75) is 37.9 Å². The van der Waals surface area contributed by atoms with Crippen molar-refractivity contribution in [2.24, 2.45) is 0 Å². The molecule has 12 heteroatoms. The molecule has 0 N–H and O–H groups in total. The molecule has 2 aromatic carbocycles. The third kappa shape index (κ3) is 7.04. The number of thioether (sulfide) groups is 1. The quantitative estimate of drug-likeness (QED) is 0.269. The lowest BCUT2D eigenvalue weighted by molar-refractivity contribution is -0.274. The number of benzene rings is 2. The Morgan fingerprint density at radius 1 is 0.970 bits per heavy atom. The zero-order valence-electron chi connectivity index (χ0n) is 17.2. The first-order chi connectivity index (χ1) is 15.3. The SMILES string of the molecule is Cc1cc(F)c(-n2nc(OCc3ccc(OC(F)(F)F)cc3)cc2C)cc1SCC(F)(F)F. The Bertz CT molecular complexity index is 1110. The Balaban J connectivity index is 1.74. The van der Waals surface area contributed by atoms with Crippen molar-refractivity contribution in [3.63, 3.8) is 0 Å². The molecule has 1 heterocycles. The van der Waals surface area contributed by atoms with Crippen molar-refractivity contribution < 1.29 is 40.2 Å². The van der Waals surface area contributed by atoms with Gasteiger partial charge in [0.15, 0.2) is 0 Å². The summed E-state index contributed by atoms with van der Waals surface area (Å²) in [6.07, 6.45) is -9.16. The summed E-state index contributed by atoms with van der Waals surface area (Å²) < 4.78 is 99.5. The number of hydrogen-bond donors (Lipinski definition) is 0. The van der Waals surface area contributed by atoms with Crippen molar-refractivity contribution in [1.29, 1.82) is 0 Å². The Kier molecular flexibility index (Phi) is 7.15. The maximum Gasteiger partial charge on any atom is 0.573 e. The Labute approximate surface area is 188 Å². The van der Waals surface area contributed by atoms with Crippen molar-refractivity contribution in [2.75, 3.05) is 5.75 Å². The summed E-state index contributed by atoms with van der Waals surface area (Å²) in [5.41, 5.74) is 1.33. The van der Waals surface area contributed by atoms with E-state index in [0.717, 1.165) is 18.2 Å². The topological polar surface area (TPSA) is 36.3 Å². The number of nitrogens with zero attached hydrogens (tertiary/aromatic N) is 2. The molecule has 0 unspecified atom stereocenters. The smallest absolute Gasteiger partial charge is 0.472 e. The second-order valence-electron chi connectivity index (χ2n) is 6.99. The van der Waals surface area contributed by atoms with Gasteiger partial charge in [-0.25, -0.2) is 9.07 Å². The number of ether oxygens (including phenoxy) is 2. The van der Waals surface area contributed by atoms with E-state index in [1.54, 1.807) is 6.92 Å². The highest BCUT2D eigenvalue weighted by atomic mass is 32.2. The van der Waals surface area contributed by atoms with Crippen LogP contribution in [-0.4, -0.2) is 28.1 Å². The van der Waals surface area contributed by atoms with E-state index in [1.165, 1.54) is 35.9 Å². The highest BCUT2D eigenvalue weighted by Crippen LogP contribution is 2.32. The van der Waals surface area contributed by atoms with Gasteiger partial charge < -0.3 is 9.47 Å². The highest BCUT2D eigenvalue weighted by Gasteiger charge is 2.31. The lowest BCUT2D eigenvalue weighted by Crippen LogP contribution is -2.17. The Morgan fingerprint density at radius 3 is 2.24 bits per heavy atom. The summed E-state index contributed by atoms with van der Waals surface area (Å²) in [7, 11) is 0. The van der Waals surface area contributed by atoms with Gasteiger partial charge in [0.1, 0.15) is 23.9 Å². The zero-order chi connectivity index (χ0) is 24.4. The molecule has 178 valence electrons. The lowest BCUT2D eigenvalue weighted by atomic mass is 10.2. The summed E-state index contributed by atoms with van der Waals surface area (Å²) >= 11 is 0.551. The Morgan fingerprint density at radius 2 is 1.64 bits per heavy atom. The number of rotatable bonds is 7. The largest absolute Gasteiger partial charge is 0.573 e. The van der Waals surface area contributed by atoms with Gasteiger partial charge >= 0.3 is 12.5 Å². The minimum absolute atomic E-state index is 0.0359. The van der Waals surface area contributed by atoms with E-state index in [2.05, 4.69) is 9.84 Å². The third-order valence-corrected chi connectivity index (χ3v) is 5.50. The standard InChI is InChI=1S/C21H17F7N2O2S/c1-12-7-16(22)17(9-18(12)33-11-20(23,24)25)30-13(2)8-19(29-30)31-10-14-3-5-15(6-4-14)32-21(26,27)28/h3-9H,10-11H2,1-2H3. The number of alkyl halides is 6. The fraction of sp³-hybridized carbons (Fsp3) is 0.286. The molecule has 0 bridgehead atoms. The second-order valence-corrected chi connectivity index (χ2v) is 8.01. The molecule has 0 atom stereocenters. The minimum atomic E-state index is -4.79. The van der Waals surface area contributed by atoms with Crippen LogP contribution >= 0.6 is 11.8 Å². The minimum Gasteiger partial charge on any atom is -0.472 e. The predicted molar refractivity (Wildman–Crippen MR) is 107 cm³/mol. The first-order valence-corrected chi connectivity index (χ1v) is 10.3. The molecule has 0 radical (unpaired) electrons. The summed E-state index contributed by atoms with van der Waals surface area (Å²) in [6, 6.07) is 8.98. The Hall–Kier alpha value is -2.89. The van der Waals surface area contributed by atoms with Crippen molar-refractivity contribution in [3.05, 3.63) is 65.1 Å².